The average Bonchev–Trinajstić information content (AvgIpc) is 3.00. The van der Waals surface area contributed by atoms with Crippen LogP contribution in [0, 0.1) is 0 Å². The maximum Gasteiger partial charge on any atom is 0.178 e. The fourth-order valence-corrected chi connectivity index (χ4v) is 2.71. The normalized spacial score (nSPS) is 23.2. The number of aliphatic hydroxyl groups is 1. The molecule has 3 heterocycles. The van der Waals surface area contributed by atoms with Gasteiger partial charge in [0.05, 0.1) is 19.2 Å². The van der Waals surface area contributed by atoms with Gasteiger partial charge in [0.2, 0.25) is 0 Å². The van der Waals surface area contributed by atoms with Crippen molar-refractivity contribution in [2.75, 3.05) is 18.1 Å². The quantitative estimate of drug-likeness (QED) is 0.905. The summed E-state index contributed by atoms with van der Waals surface area (Å²) in [6, 6.07) is 3.40. The molecule has 0 spiro atoms. The van der Waals surface area contributed by atoms with Crippen molar-refractivity contribution in [3.8, 4) is 0 Å². The molecule has 2 atom stereocenters. The van der Waals surface area contributed by atoms with Crippen molar-refractivity contribution in [2.24, 2.45) is 0 Å². The molecule has 0 amide bonds. The van der Waals surface area contributed by atoms with Crippen LogP contribution >= 0.6 is 0 Å². The zero-order valence-electron chi connectivity index (χ0n) is 12.5. The fraction of sp³-hybridized carbons (Fsp3) is 0.643. The first-order chi connectivity index (χ1) is 9.90. The summed E-state index contributed by atoms with van der Waals surface area (Å²) < 4.78 is 15.3. The van der Waals surface area contributed by atoms with E-state index in [-0.39, 0.29) is 24.6 Å². The van der Waals surface area contributed by atoms with Gasteiger partial charge in [-0.05, 0) is 12.1 Å². The Hall–Kier alpha value is -1.76. The van der Waals surface area contributed by atoms with Gasteiger partial charge in [-0.1, -0.05) is 20.8 Å². The van der Waals surface area contributed by atoms with E-state index >= 15 is 0 Å². The minimum absolute atomic E-state index is 0.0750. The number of halogens is 1. The van der Waals surface area contributed by atoms with Gasteiger partial charge in [0.15, 0.2) is 11.5 Å². The highest BCUT2D eigenvalue weighted by molar-refractivity contribution is 5.48. The number of rotatable bonds is 2. The number of alkyl halides is 1. The van der Waals surface area contributed by atoms with E-state index < -0.39 is 6.17 Å². The molecule has 0 unspecified atom stereocenters. The van der Waals surface area contributed by atoms with Crippen LogP contribution in [0.2, 0.25) is 0 Å². The van der Waals surface area contributed by atoms with Crippen molar-refractivity contribution in [3.63, 3.8) is 0 Å². The van der Waals surface area contributed by atoms with Crippen molar-refractivity contribution in [3.05, 3.63) is 18.0 Å². The maximum atomic E-state index is 13.6. The molecule has 6 nitrogen and oxygen atoms in total. The Bertz CT molecular complexity index is 650. The molecule has 1 aliphatic heterocycles. The molecule has 2 aromatic rings. The number of hydrogen-bond acceptors (Lipinski definition) is 5. The van der Waals surface area contributed by atoms with Crippen LogP contribution in [0.25, 0.3) is 5.65 Å². The van der Waals surface area contributed by atoms with Gasteiger partial charge >= 0.3 is 0 Å². The van der Waals surface area contributed by atoms with Crippen LogP contribution in [0.15, 0.2) is 12.1 Å². The van der Waals surface area contributed by atoms with Gasteiger partial charge in [-0.15, -0.1) is 15.3 Å². The van der Waals surface area contributed by atoms with Gasteiger partial charge in [0.25, 0.3) is 0 Å². The number of anilines is 1. The third-order valence-electron chi connectivity index (χ3n) is 3.79. The smallest absolute Gasteiger partial charge is 0.178 e. The molecule has 1 fully saturated rings. The number of nitrogens with zero attached hydrogens (tertiary/aromatic N) is 5. The molecule has 0 saturated carbocycles. The van der Waals surface area contributed by atoms with E-state index in [4.69, 9.17) is 0 Å². The van der Waals surface area contributed by atoms with Crippen molar-refractivity contribution in [1.29, 1.82) is 0 Å². The monoisotopic (exact) mass is 293 g/mol. The Morgan fingerprint density at radius 2 is 2.10 bits per heavy atom. The Morgan fingerprint density at radius 1 is 1.33 bits per heavy atom. The molecule has 0 aliphatic carbocycles. The first-order valence-electron chi connectivity index (χ1n) is 7.14. The summed E-state index contributed by atoms with van der Waals surface area (Å²) >= 11 is 0. The van der Waals surface area contributed by atoms with Gasteiger partial charge in [0, 0.05) is 11.8 Å². The summed E-state index contributed by atoms with van der Waals surface area (Å²) in [5.74, 6) is 1.41. The van der Waals surface area contributed by atoms with E-state index in [2.05, 4.69) is 15.3 Å². The van der Waals surface area contributed by atoms with E-state index in [9.17, 15) is 9.50 Å². The lowest BCUT2D eigenvalue weighted by atomic mass is 9.96. The Kier molecular flexibility index (Phi) is 3.32. The fourth-order valence-electron chi connectivity index (χ4n) is 2.71. The van der Waals surface area contributed by atoms with E-state index in [1.165, 1.54) is 0 Å². The van der Waals surface area contributed by atoms with Crippen LogP contribution in [0.3, 0.4) is 0 Å². The van der Waals surface area contributed by atoms with Crippen LogP contribution in [-0.4, -0.2) is 50.3 Å². The molecule has 0 aromatic carbocycles. The topological polar surface area (TPSA) is 66.5 Å². The van der Waals surface area contributed by atoms with Gasteiger partial charge < -0.3 is 10.0 Å². The molecule has 1 N–H and O–H groups in total. The number of aliphatic hydroxyl groups excluding tert-OH is 1. The number of aromatic nitrogens is 4. The predicted molar refractivity (Wildman–Crippen MR) is 77.2 cm³/mol. The van der Waals surface area contributed by atoms with E-state index in [1.54, 1.807) is 10.6 Å². The third-order valence-corrected chi connectivity index (χ3v) is 3.79. The molecule has 2 aromatic heterocycles. The minimum atomic E-state index is -0.928. The molecule has 3 rings (SSSR count). The molecule has 1 saturated heterocycles. The van der Waals surface area contributed by atoms with Crippen molar-refractivity contribution >= 4 is 11.5 Å². The summed E-state index contributed by atoms with van der Waals surface area (Å²) in [7, 11) is 0. The van der Waals surface area contributed by atoms with Crippen LogP contribution < -0.4 is 4.90 Å². The number of fused-ring (bicyclic) bond motifs is 1. The highest BCUT2D eigenvalue weighted by Crippen LogP contribution is 2.27. The predicted octanol–water partition coefficient (Wildman–Crippen LogP) is 1.33. The molecular weight excluding hydrogens is 273 g/mol. The van der Waals surface area contributed by atoms with Crippen LogP contribution in [0.5, 0.6) is 0 Å². The zero-order valence-corrected chi connectivity index (χ0v) is 12.5. The van der Waals surface area contributed by atoms with E-state index in [0.717, 1.165) is 5.82 Å². The van der Waals surface area contributed by atoms with Crippen molar-refractivity contribution < 1.29 is 9.50 Å². The zero-order chi connectivity index (χ0) is 15.2. The second-order valence-corrected chi connectivity index (χ2v) is 6.56. The lowest BCUT2D eigenvalue weighted by Crippen LogP contribution is -2.33. The summed E-state index contributed by atoms with van der Waals surface area (Å²) in [6.45, 7) is 6.32. The summed E-state index contributed by atoms with van der Waals surface area (Å²) in [6.07, 6.45) is -0.590. The summed E-state index contributed by atoms with van der Waals surface area (Å²) in [4.78, 5) is 1.82. The first kappa shape index (κ1) is 14.2. The first-order valence-corrected chi connectivity index (χ1v) is 7.14. The highest BCUT2D eigenvalue weighted by atomic mass is 19.1. The molecular formula is C14H20FN5O. The molecule has 7 heteroatoms. The van der Waals surface area contributed by atoms with Crippen LogP contribution in [0.4, 0.5) is 10.2 Å². The largest absolute Gasteiger partial charge is 0.394 e. The Labute approximate surface area is 122 Å². The van der Waals surface area contributed by atoms with Gasteiger partial charge in [-0.2, -0.15) is 4.52 Å². The van der Waals surface area contributed by atoms with Gasteiger partial charge in [-0.25, -0.2) is 4.39 Å². The Balaban J connectivity index is 2.04. The molecule has 1 aliphatic rings. The average molecular weight is 293 g/mol. The summed E-state index contributed by atoms with van der Waals surface area (Å²) in [5, 5.41) is 22.3. The van der Waals surface area contributed by atoms with Gasteiger partial charge in [0.1, 0.15) is 12.0 Å². The van der Waals surface area contributed by atoms with E-state index in [1.807, 2.05) is 31.7 Å². The summed E-state index contributed by atoms with van der Waals surface area (Å²) in [5.41, 5.74) is 0.481. The second-order valence-electron chi connectivity index (χ2n) is 6.56. The van der Waals surface area contributed by atoms with Crippen LogP contribution in [0.1, 0.15) is 33.0 Å². The molecule has 114 valence electrons. The molecule has 0 bridgehead atoms. The highest BCUT2D eigenvalue weighted by Gasteiger charge is 2.33. The van der Waals surface area contributed by atoms with E-state index in [0.29, 0.717) is 17.9 Å². The van der Waals surface area contributed by atoms with Crippen molar-refractivity contribution in [1.82, 2.24) is 19.8 Å². The lowest BCUT2D eigenvalue weighted by Gasteiger charge is -2.24. The SMILES string of the molecule is CC(C)(C)c1nnc2ccc(N3C[C@@H](F)C[C@H]3CO)nn12. The standard InChI is InChI=1S/C14H20FN5O/c1-14(2,3)13-17-16-11-4-5-12(18-20(11)13)19-7-9(15)6-10(19)8-21/h4-5,9-10,21H,6-8H2,1-3H3/t9-,10-/m0/s1. The minimum Gasteiger partial charge on any atom is -0.394 e. The second kappa shape index (κ2) is 4.91. The number of hydrogen-bond donors (Lipinski definition) is 1. The third kappa shape index (κ3) is 2.46. The van der Waals surface area contributed by atoms with Gasteiger partial charge in [-0.3, -0.25) is 0 Å². The Morgan fingerprint density at radius 3 is 2.76 bits per heavy atom. The lowest BCUT2D eigenvalue weighted by molar-refractivity contribution is 0.255. The maximum absolute atomic E-state index is 13.6. The molecule has 0 radical (unpaired) electrons. The van der Waals surface area contributed by atoms with Crippen LogP contribution in [-0.2, 0) is 5.41 Å². The molecule has 21 heavy (non-hydrogen) atoms. The van der Waals surface area contributed by atoms with Crippen molar-refractivity contribution in [2.45, 2.75) is 44.8 Å².